The van der Waals surface area contributed by atoms with Crippen molar-refractivity contribution in [1.82, 2.24) is 10.3 Å². The number of hydrogen-bond donors (Lipinski definition) is 1. The molecular formula is C14H17BrN2O. The molecule has 0 aliphatic heterocycles. The molecule has 1 unspecified atom stereocenters. The van der Waals surface area contributed by atoms with Crippen molar-refractivity contribution in [1.29, 1.82) is 0 Å². The van der Waals surface area contributed by atoms with Gasteiger partial charge in [-0.25, -0.2) is 0 Å². The fourth-order valence-electron chi connectivity index (χ4n) is 1.89. The van der Waals surface area contributed by atoms with Gasteiger partial charge in [0.25, 0.3) is 0 Å². The van der Waals surface area contributed by atoms with Gasteiger partial charge in [0.2, 0.25) is 0 Å². The Labute approximate surface area is 116 Å². The van der Waals surface area contributed by atoms with Crippen LogP contribution in [0.2, 0.25) is 0 Å². The smallest absolute Gasteiger partial charge is 0.0935 e. The minimum absolute atomic E-state index is 0.271. The zero-order chi connectivity index (χ0) is 12.8. The fourth-order valence-corrected chi connectivity index (χ4v) is 2.27. The van der Waals surface area contributed by atoms with Gasteiger partial charge in [0.1, 0.15) is 0 Å². The summed E-state index contributed by atoms with van der Waals surface area (Å²) < 4.78 is 6.14. The van der Waals surface area contributed by atoms with Crippen LogP contribution in [-0.2, 0) is 6.42 Å². The minimum atomic E-state index is 0.271. The maximum atomic E-state index is 5.13. The molecule has 4 heteroatoms. The molecule has 2 aromatic heterocycles. The third kappa shape index (κ3) is 3.68. The molecule has 0 fully saturated rings. The maximum Gasteiger partial charge on any atom is 0.0935 e. The topological polar surface area (TPSA) is 38.1 Å². The van der Waals surface area contributed by atoms with Gasteiger partial charge in [0, 0.05) is 22.9 Å². The second-order valence-corrected chi connectivity index (χ2v) is 5.19. The summed E-state index contributed by atoms with van der Waals surface area (Å²) >= 11 is 3.47. The van der Waals surface area contributed by atoms with Gasteiger partial charge < -0.3 is 9.73 Å². The van der Waals surface area contributed by atoms with Gasteiger partial charge in [-0.2, -0.15) is 0 Å². The molecule has 2 heterocycles. The summed E-state index contributed by atoms with van der Waals surface area (Å²) in [4.78, 5) is 4.23. The SMILES string of the molecule is CCCNC(Cc1ccoc1)c1cncc(Br)c1. The lowest BCUT2D eigenvalue weighted by Gasteiger charge is -2.18. The summed E-state index contributed by atoms with van der Waals surface area (Å²) in [5.74, 6) is 0. The van der Waals surface area contributed by atoms with Gasteiger partial charge in [0.05, 0.1) is 12.5 Å². The van der Waals surface area contributed by atoms with Crippen molar-refractivity contribution in [3.05, 3.63) is 52.7 Å². The fraction of sp³-hybridized carbons (Fsp3) is 0.357. The second kappa shape index (κ2) is 6.71. The molecule has 2 rings (SSSR count). The van der Waals surface area contributed by atoms with Crippen LogP contribution in [0.25, 0.3) is 0 Å². The average Bonchev–Trinajstić information content (AvgIpc) is 2.87. The molecule has 2 aromatic rings. The first-order valence-electron chi connectivity index (χ1n) is 6.14. The highest BCUT2D eigenvalue weighted by molar-refractivity contribution is 9.10. The molecule has 0 radical (unpaired) electrons. The number of nitrogens with one attached hydrogen (secondary N) is 1. The molecule has 18 heavy (non-hydrogen) atoms. The van der Waals surface area contributed by atoms with E-state index < -0.39 is 0 Å². The van der Waals surface area contributed by atoms with E-state index in [1.165, 1.54) is 11.1 Å². The highest BCUT2D eigenvalue weighted by atomic mass is 79.9. The van der Waals surface area contributed by atoms with Crippen molar-refractivity contribution in [3.63, 3.8) is 0 Å². The Morgan fingerprint density at radius 3 is 3.00 bits per heavy atom. The van der Waals surface area contributed by atoms with Crippen molar-refractivity contribution in [2.75, 3.05) is 6.54 Å². The van der Waals surface area contributed by atoms with E-state index in [0.717, 1.165) is 23.9 Å². The molecule has 0 aromatic carbocycles. The van der Waals surface area contributed by atoms with E-state index in [1.807, 2.05) is 12.3 Å². The minimum Gasteiger partial charge on any atom is -0.472 e. The lowest BCUT2D eigenvalue weighted by molar-refractivity contribution is 0.519. The first kappa shape index (κ1) is 13.3. The highest BCUT2D eigenvalue weighted by Crippen LogP contribution is 2.21. The lowest BCUT2D eigenvalue weighted by atomic mass is 10.0. The van der Waals surface area contributed by atoms with E-state index in [1.54, 1.807) is 18.7 Å². The molecule has 0 saturated heterocycles. The zero-order valence-electron chi connectivity index (χ0n) is 10.4. The number of nitrogens with zero attached hydrogens (tertiary/aromatic N) is 1. The van der Waals surface area contributed by atoms with Crippen LogP contribution in [0.3, 0.4) is 0 Å². The number of rotatable bonds is 6. The molecule has 0 spiro atoms. The molecule has 1 atom stereocenters. The van der Waals surface area contributed by atoms with Gasteiger partial charge in [-0.1, -0.05) is 6.92 Å². The largest absolute Gasteiger partial charge is 0.472 e. The molecule has 0 aliphatic carbocycles. The van der Waals surface area contributed by atoms with E-state index in [4.69, 9.17) is 4.42 Å². The number of pyridine rings is 1. The third-order valence-electron chi connectivity index (χ3n) is 2.79. The number of aromatic nitrogens is 1. The van der Waals surface area contributed by atoms with Gasteiger partial charge >= 0.3 is 0 Å². The monoisotopic (exact) mass is 308 g/mol. The van der Waals surface area contributed by atoms with Crippen LogP contribution < -0.4 is 5.32 Å². The lowest BCUT2D eigenvalue weighted by Crippen LogP contribution is -2.24. The van der Waals surface area contributed by atoms with Crippen LogP contribution in [0.5, 0.6) is 0 Å². The molecule has 0 aliphatic rings. The summed E-state index contributed by atoms with van der Waals surface area (Å²) in [6.45, 7) is 3.16. The first-order valence-corrected chi connectivity index (χ1v) is 6.93. The van der Waals surface area contributed by atoms with E-state index in [0.29, 0.717) is 0 Å². The van der Waals surface area contributed by atoms with Gasteiger partial charge in [-0.15, -0.1) is 0 Å². The van der Waals surface area contributed by atoms with Crippen molar-refractivity contribution >= 4 is 15.9 Å². The van der Waals surface area contributed by atoms with Gasteiger partial charge in [0.15, 0.2) is 0 Å². The molecule has 96 valence electrons. The molecule has 0 bridgehead atoms. The van der Waals surface area contributed by atoms with Crippen LogP contribution in [0.4, 0.5) is 0 Å². The number of hydrogen-bond acceptors (Lipinski definition) is 3. The number of furan rings is 1. The summed E-state index contributed by atoms with van der Waals surface area (Å²) in [6.07, 6.45) is 9.26. The predicted molar refractivity (Wildman–Crippen MR) is 75.4 cm³/mol. The van der Waals surface area contributed by atoms with Crippen LogP contribution in [-0.4, -0.2) is 11.5 Å². The Bertz CT molecular complexity index is 470. The van der Waals surface area contributed by atoms with Crippen LogP contribution in [0, 0.1) is 0 Å². The van der Waals surface area contributed by atoms with Gasteiger partial charge in [-0.3, -0.25) is 4.98 Å². The summed E-state index contributed by atoms with van der Waals surface area (Å²) in [7, 11) is 0. The van der Waals surface area contributed by atoms with E-state index in [2.05, 4.69) is 39.2 Å². The molecule has 1 N–H and O–H groups in total. The Balaban J connectivity index is 2.13. The van der Waals surface area contributed by atoms with Crippen molar-refractivity contribution in [2.24, 2.45) is 0 Å². The van der Waals surface area contributed by atoms with Crippen molar-refractivity contribution < 1.29 is 4.42 Å². The normalized spacial score (nSPS) is 12.6. The van der Waals surface area contributed by atoms with E-state index in [9.17, 15) is 0 Å². The highest BCUT2D eigenvalue weighted by Gasteiger charge is 2.12. The Hall–Kier alpha value is -1.13. The second-order valence-electron chi connectivity index (χ2n) is 4.28. The molecular weight excluding hydrogens is 292 g/mol. The molecule has 0 saturated carbocycles. The Morgan fingerprint density at radius 1 is 1.44 bits per heavy atom. The van der Waals surface area contributed by atoms with E-state index in [-0.39, 0.29) is 6.04 Å². The Kier molecular flexibility index (Phi) is 4.96. The molecule has 3 nitrogen and oxygen atoms in total. The zero-order valence-corrected chi connectivity index (χ0v) is 12.0. The first-order chi connectivity index (χ1) is 8.79. The molecule has 0 amide bonds. The predicted octanol–water partition coefficient (Wildman–Crippen LogP) is 3.72. The summed E-state index contributed by atoms with van der Waals surface area (Å²) in [5, 5.41) is 3.55. The average molecular weight is 309 g/mol. The maximum absolute atomic E-state index is 5.13. The van der Waals surface area contributed by atoms with Crippen molar-refractivity contribution in [2.45, 2.75) is 25.8 Å². The van der Waals surface area contributed by atoms with E-state index >= 15 is 0 Å². The van der Waals surface area contributed by atoms with Crippen LogP contribution in [0.15, 0.2) is 45.9 Å². The Morgan fingerprint density at radius 2 is 2.33 bits per heavy atom. The standard InChI is InChI=1S/C14H17BrN2O/c1-2-4-17-14(6-11-3-5-18-10-11)12-7-13(15)9-16-8-12/h3,5,7-10,14,17H,2,4,6H2,1H3. The quantitative estimate of drug-likeness (QED) is 0.884. The summed E-state index contributed by atoms with van der Waals surface area (Å²) in [6, 6.07) is 4.39. The van der Waals surface area contributed by atoms with Crippen LogP contribution in [0.1, 0.15) is 30.5 Å². The summed E-state index contributed by atoms with van der Waals surface area (Å²) in [5.41, 5.74) is 2.39. The van der Waals surface area contributed by atoms with Crippen LogP contribution >= 0.6 is 15.9 Å². The van der Waals surface area contributed by atoms with Crippen molar-refractivity contribution in [3.8, 4) is 0 Å². The number of halogens is 1. The van der Waals surface area contributed by atoms with Gasteiger partial charge in [-0.05, 0) is 58.6 Å². The third-order valence-corrected chi connectivity index (χ3v) is 3.22.